The molecule has 4 nitrogen and oxygen atoms in total. The molecule has 1 heterocycles. The lowest BCUT2D eigenvalue weighted by atomic mass is 10.3. The molecular formula is C12H22O4Si. The Kier molecular flexibility index (Phi) is 6.47. The highest BCUT2D eigenvalue weighted by atomic mass is 28.3. The van der Waals surface area contributed by atoms with Gasteiger partial charge in [-0.05, 0) is 32.2 Å². The van der Waals surface area contributed by atoms with E-state index < -0.39 is 9.28 Å². The number of hydrogen-bond acceptors (Lipinski definition) is 4. The summed E-state index contributed by atoms with van der Waals surface area (Å²) in [4.78, 5) is 11.4. The van der Waals surface area contributed by atoms with Crippen LogP contribution in [0.5, 0.6) is 0 Å². The van der Waals surface area contributed by atoms with Gasteiger partial charge in [0.05, 0.1) is 6.61 Å². The van der Waals surface area contributed by atoms with Crippen molar-refractivity contribution in [2.45, 2.75) is 45.3 Å². The molecule has 0 aromatic rings. The minimum atomic E-state index is -1.48. The van der Waals surface area contributed by atoms with Crippen molar-refractivity contribution < 1.29 is 18.4 Å². The van der Waals surface area contributed by atoms with E-state index >= 15 is 0 Å². The summed E-state index contributed by atoms with van der Waals surface area (Å²) in [6.45, 7) is 8.45. The molecule has 0 aliphatic carbocycles. The molecule has 1 aliphatic heterocycles. The Morgan fingerprint density at radius 3 is 2.82 bits per heavy atom. The zero-order valence-electron chi connectivity index (χ0n) is 10.7. The summed E-state index contributed by atoms with van der Waals surface area (Å²) in [5.41, 5.74) is 0.426. The van der Waals surface area contributed by atoms with Gasteiger partial charge in [-0.1, -0.05) is 13.5 Å². The molecule has 0 spiro atoms. The Morgan fingerprint density at radius 1 is 1.53 bits per heavy atom. The van der Waals surface area contributed by atoms with Gasteiger partial charge in [0.1, 0.15) is 6.10 Å². The summed E-state index contributed by atoms with van der Waals surface area (Å²) < 4.78 is 16.6. The van der Waals surface area contributed by atoms with Crippen molar-refractivity contribution in [2.24, 2.45) is 0 Å². The van der Waals surface area contributed by atoms with Crippen molar-refractivity contribution in [1.82, 2.24) is 0 Å². The van der Waals surface area contributed by atoms with Crippen molar-refractivity contribution in [3.8, 4) is 0 Å². The second-order valence-corrected chi connectivity index (χ2v) is 6.45. The molecule has 0 aromatic carbocycles. The molecule has 2 unspecified atom stereocenters. The Bertz CT molecular complexity index is 261. The predicted molar refractivity (Wildman–Crippen MR) is 68.1 cm³/mol. The van der Waals surface area contributed by atoms with E-state index in [0.717, 1.165) is 25.5 Å². The summed E-state index contributed by atoms with van der Waals surface area (Å²) >= 11 is 0. The van der Waals surface area contributed by atoms with Crippen molar-refractivity contribution in [3.05, 3.63) is 12.2 Å². The van der Waals surface area contributed by atoms with Gasteiger partial charge < -0.3 is 13.6 Å². The molecule has 1 fully saturated rings. The molecule has 98 valence electrons. The van der Waals surface area contributed by atoms with Gasteiger partial charge in [0, 0.05) is 12.2 Å². The maximum Gasteiger partial charge on any atom is 0.333 e. The standard InChI is InChI=1S/C12H22O4Si/c1-4-11(16-12(13)10(2)3)9-15-17-8-6-5-7-14-17/h11,17H,2,4-9H2,1,3H3. The molecule has 0 radical (unpaired) electrons. The van der Waals surface area contributed by atoms with E-state index in [1.807, 2.05) is 6.92 Å². The van der Waals surface area contributed by atoms with Gasteiger partial charge in [0.2, 0.25) is 0 Å². The minimum absolute atomic E-state index is 0.183. The molecule has 0 amide bonds. The van der Waals surface area contributed by atoms with E-state index in [9.17, 15) is 4.79 Å². The highest BCUT2D eigenvalue weighted by Crippen LogP contribution is 2.13. The zero-order valence-corrected chi connectivity index (χ0v) is 11.9. The van der Waals surface area contributed by atoms with Crippen molar-refractivity contribution >= 4 is 15.3 Å². The van der Waals surface area contributed by atoms with Crippen LogP contribution in [0.2, 0.25) is 6.04 Å². The third-order valence-corrected chi connectivity index (χ3v) is 4.73. The quantitative estimate of drug-likeness (QED) is 0.415. The lowest BCUT2D eigenvalue weighted by Gasteiger charge is -2.23. The first-order valence-corrected chi connectivity index (χ1v) is 7.99. The van der Waals surface area contributed by atoms with Crippen LogP contribution in [-0.4, -0.2) is 34.6 Å². The van der Waals surface area contributed by atoms with E-state index in [0.29, 0.717) is 12.2 Å². The molecule has 17 heavy (non-hydrogen) atoms. The van der Waals surface area contributed by atoms with E-state index in [4.69, 9.17) is 13.6 Å². The fourth-order valence-electron chi connectivity index (χ4n) is 1.54. The highest BCUT2D eigenvalue weighted by Gasteiger charge is 2.20. The first-order chi connectivity index (χ1) is 8.13. The molecule has 0 bridgehead atoms. The largest absolute Gasteiger partial charge is 0.457 e. The van der Waals surface area contributed by atoms with Gasteiger partial charge in [-0.3, -0.25) is 0 Å². The lowest BCUT2D eigenvalue weighted by Crippen LogP contribution is -2.32. The van der Waals surface area contributed by atoms with Crippen molar-refractivity contribution in [3.63, 3.8) is 0 Å². The van der Waals surface area contributed by atoms with Gasteiger partial charge in [-0.2, -0.15) is 0 Å². The van der Waals surface area contributed by atoms with Crippen LogP contribution in [0.1, 0.15) is 33.1 Å². The van der Waals surface area contributed by atoms with Crippen LogP contribution in [-0.2, 0) is 18.4 Å². The molecule has 1 saturated heterocycles. The van der Waals surface area contributed by atoms with Crippen LogP contribution in [0.4, 0.5) is 0 Å². The molecule has 5 heteroatoms. The van der Waals surface area contributed by atoms with Gasteiger partial charge in [-0.15, -0.1) is 0 Å². The average Bonchev–Trinajstić information content (AvgIpc) is 2.35. The minimum Gasteiger partial charge on any atom is -0.457 e. The second kappa shape index (κ2) is 7.63. The smallest absolute Gasteiger partial charge is 0.333 e. The molecule has 0 aromatic heterocycles. The topological polar surface area (TPSA) is 44.8 Å². The summed E-state index contributed by atoms with van der Waals surface area (Å²) in [6, 6.07) is 1.06. The number of carbonyl (C=O) groups is 1. The first kappa shape index (κ1) is 14.4. The normalized spacial score (nSPS) is 21.9. The maximum absolute atomic E-state index is 11.4. The fourth-order valence-corrected chi connectivity index (χ4v) is 3.45. The van der Waals surface area contributed by atoms with Crippen molar-refractivity contribution in [2.75, 3.05) is 13.2 Å². The molecule has 0 saturated carbocycles. The van der Waals surface area contributed by atoms with Gasteiger partial charge in [0.15, 0.2) is 0 Å². The Morgan fingerprint density at radius 2 is 2.29 bits per heavy atom. The van der Waals surface area contributed by atoms with E-state index in [1.54, 1.807) is 6.92 Å². The maximum atomic E-state index is 11.4. The third kappa shape index (κ3) is 5.47. The molecule has 1 aliphatic rings. The Hall–Kier alpha value is -0.653. The number of ether oxygens (including phenoxy) is 1. The first-order valence-electron chi connectivity index (χ1n) is 6.23. The van der Waals surface area contributed by atoms with Crippen LogP contribution in [0.3, 0.4) is 0 Å². The SMILES string of the molecule is C=C(C)C(=O)OC(CC)CO[SiH]1CCCCO1. The summed E-state index contributed by atoms with van der Waals surface area (Å²) in [6.07, 6.45) is 2.89. The number of rotatable bonds is 6. The monoisotopic (exact) mass is 258 g/mol. The highest BCUT2D eigenvalue weighted by molar-refractivity contribution is 6.44. The van der Waals surface area contributed by atoms with Crippen LogP contribution in [0, 0.1) is 0 Å². The van der Waals surface area contributed by atoms with Crippen LogP contribution in [0.25, 0.3) is 0 Å². The second-order valence-electron chi connectivity index (χ2n) is 4.35. The summed E-state index contributed by atoms with van der Waals surface area (Å²) in [7, 11) is -1.48. The van der Waals surface area contributed by atoms with Gasteiger partial charge >= 0.3 is 15.3 Å². The molecule has 0 N–H and O–H groups in total. The number of esters is 1. The predicted octanol–water partition coefficient (Wildman–Crippen LogP) is 1.93. The van der Waals surface area contributed by atoms with Crippen LogP contribution >= 0.6 is 0 Å². The average molecular weight is 258 g/mol. The molecule has 2 atom stereocenters. The van der Waals surface area contributed by atoms with Gasteiger partial charge in [0.25, 0.3) is 0 Å². The van der Waals surface area contributed by atoms with E-state index in [1.165, 1.54) is 6.42 Å². The number of carbonyl (C=O) groups excluding carboxylic acids is 1. The van der Waals surface area contributed by atoms with Crippen LogP contribution in [0.15, 0.2) is 12.2 Å². The molecule has 1 rings (SSSR count). The number of hydrogen-bond donors (Lipinski definition) is 0. The summed E-state index contributed by atoms with van der Waals surface area (Å²) in [5.74, 6) is -0.341. The third-order valence-electron chi connectivity index (χ3n) is 2.68. The molecular weight excluding hydrogens is 236 g/mol. The fraction of sp³-hybridized carbons (Fsp3) is 0.750. The summed E-state index contributed by atoms with van der Waals surface area (Å²) in [5, 5.41) is 0. The van der Waals surface area contributed by atoms with Crippen molar-refractivity contribution in [1.29, 1.82) is 0 Å². The Balaban J connectivity index is 2.26. The van der Waals surface area contributed by atoms with Crippen LogP contribution < -0.4 is 0 Å². The van der Waals surface area contributed by atoms with E-state index in [-0.39, 0.29) is 12.1 Å². The van der Waals surface area contributed by atoms with E-state index in [2.05, 4.69) is 6.58 Å². The van der Waals surface area contributed by atoms with Gasteiger partial charge in [-0.25, -0.2) is 4.79 Å². The Labute approximate surface area is 105 Å². The zero-order chi connectivity index (χ0) is 12.7. The lowest BCUT2D eigenvalue weighted by molar-refractivity contribution is -0.146.